The fourth-order valence-corrected chi connectivity index (χ4v) is 1.94. The molecule has 0 fully saturated rings. The maximum absolute atomic E-state index is 4.19. The van der Waals surface area contributed by atoms with Crippen LogP contribution in [-0.2, 0) is 6.54 Å². The van der Waals surface area contributed by atoms with E-state index in [1.54, 1.807) is 0 Å². The van der Waals surface area contributed by atoms with Gasteiger partial charge < -0.3 is 15.6 Å². The zero-order chi connectivity index (χ0) is 9.38. The summed E-state index contributed by atoms with van der Waals surface area (Å²) in [6, 6.07) is 0. The first-order valence-corrected chi connectivity index (χ1v) is 4.84. The van der Waals surface area contributed by atoms with Crippen LogP contribution in [0, 0.1) is 0 Å². The molecule has 0 saturated heterocycles. The second kappa shape index (κ2) is 2.99. The minimum atomic E-state index is 0.929. The van der Waals surface area contributed by atoms with Crippen LogP contribution >= 0.6 is 0 Å². The van der Waals surface area contributed by atoms with Gasteiger partial charge in [0.2, 0.25) is 0 Å². The molecule has 3 rings (SSSR count). The molecule has 0 aliphatic carbocycles. The Hall–Kier alpha value is -1.55. The number of nitrogens with zero attached hydrogens (tertiary/aromatic N) is 1. The molecule has 1 aliphatic heterocycles. The number of anilines is 1. The minimum Gasteiger partial charge on any atom is -0.382 e. The molecule has 0 radical (unpaired) electrons. The number of rotatable bonds is 0. The molecule has 4 heteroatoms. The maximum Gasteiger partial charge on any atom is 0.0664 e. The Kier molecular flexibility index (Phi) is 1.67. The molecule has 0 atom stereocenters. The van der Waals surface area contributed by atoms with Crippen molar-refractivity contribution in [1.29, 1.82) is 0 Å². The summed E-state index contributed by atoms with van der Waals surface area (Å²) in [4.78, 5) is 7.42. The van der Waals surface area contributed by atoms with E-state index in [0.29, 0.717) is 0 Å². The van der Waals surface area contributed by atoms with Crippen LogP contribution in [0.1, 0.15) is 5.56 Å². The normalized spacial score (nSPS) is 16.0. The number of aromatic amines is 1. The van der Waals surface area contributed by atoms with E-state index in [4.69, 9.17) is 0 Å². The van der Waals surface area contributed by atoms with Gasteiger partial charge in [0.25, 0.3) is 0 Å². The summed E-state index contributed by atoms with van der Waals surface area (Å²) in [7, 11) is 0. The molecule has 0 aromatic carbocycles. The lowest BCUT2D eigenvalue weighted by Crippen LogP contribution is -2.23. The van der Waals surface area contributed by atoms with Crippen molar-refractivity contribution in [1.82, 2.24) is 15.3 Å². The van der Waals surface area contributed by atoms with Gasteiger partial charge in [0.05, 0.1) is 23.6 Å². The van der Waals surface area contributed by atoms with Gasteiger partial charge in [-0.2, -0.15) is 0 Å². The third-order valence-electron chi connectivity index (χ3n) is 2.60. The summed E-state index contributed by atoms with van der Waals surface area (Å²) < 4.78 is 0. The van der Waals surface area contributed by atoms with Gasteiger partial charge >= 0.3 is 0 Å². The molecular formula is C10H12N4. The lowest BCUT2D eigenvalue weighted by atomic mass is 10.1. The molecular weight excluding hydrogens is 176 g/mol. The standard InChI is InChI=1S/C10H12N4/c1-2-13-8-5-12-6-9-10(8)7(3-11-1)4-14-9/h4-6,11,13-14H,1-3H2. The van der Waals surface area contributed by atoms with Crippen molar-refractivity contribution in [3.8, 4) is 0 Å². The monoisotopic (exact) mass is 188 g/mol. The molecule has 1 aliphatic rings. The molecule has 0 bridgehead atoms. The Balaban J connectivity index is 2.28. The van der Waals surface area contributed by atoms with Crippen LogP contribution < -0.4 is 10.6 Å². The summed E-state index contributed by atoms with van der Waals surface area (Å²) in [5.41, 5.74) is 3.55. The first-order valence-electron chi connectivity index (χ1n) is 4.84. The van der Waals surface area contributed by atoms with Gasteiger partial charge in [-0.05, 0) is 5.56 Å². The quantitative estimate of drug-likeness (QED) is 0.580. The maximum atomic E-state index is 4.19. The average Bonchev–Trinajstić information content (AvgIpc) is 2.57. The Morgan fingerprint density at radius 3 is 3.21 bits per heavy atom. The third kappa shape index (κ3) is 1.08. The van der Waals surface area contributed by atoms with E-state index in [1.807, 2.05) is 12.4 Å². The van der Waals surface area contributed by atoms with E-state index in [9.17, 15) is 0 Å². The Morgan fingerprint density at radius 2 is 2.21 bits per heavy atom. The summed E-state index contributed by atoms with van der Waals surface area (Å²) in [6.45, 7) is 2.87. The van der Waals surface area contributed by atoms with Gasteiger partial charge in [-0.25, -0.2) is 0 Å². The van der Waals surface area contributed by atoms with Crippen LogP contribution in [0.15, 0.2) is 18.6 Å². The number of aromatic nitrogens is 2. The van der Waals surface area contributed by atoms with Crippen LogP contribution in [0.4, 0.5) is 5.69 Å². The lowest BCUT2D eigenvalue weighted by Gasteiger charge is -2.13. The van der Waals surface area contributed by atoms with Crippen molar-refractivity contribution in [2.75, 3.05) is 18.4 Å². The van der Waals surface area contributed by atoms with Crippen molar-refractivity contribution in [3.63, 3.8) is 0 Å². The van der Waals surface area contributed by atoms with Crippen molar-refractivity contribution in [2.45, 2.75) is 6.54 Å². The molecule has 0 unspecified atom stereocenters. The number of H-pyrrole nitrogens is 1. The fraction of sp³-hybridized carbons (Fsp3) is 0.300. The SMILES string of the molecule is c1[nH]c2cncc3c2c1CNCCN3. The molecule has 0 amide bonds. The van der Waals surface area contributed by atoms with E-state index >= 15 is 0 Å². The highest BCUT2D eigenvalue weighted by Gasteiger charge is 2.10. The average molecular weight is 188 g/mol. The molecule has 2 aromatic heterocycles. The second-order valence-corrected chi connectivity index (χ2v) is 3.53. The van der Waals surface area contributed by atoms with Gasteiger partial charge in [0.15, 0.2) is 0 Å². The van der Waals surface area contributed by atoms with E-state index < -0.39 is 0 Å². The zero-order valence-electron chi connectivity index (χ0n) is 7.80. The minimum absolute atomic E-state index is 0.929. The lowest BCUT2D eigenvalue weighted by molar-refractivity contribution is 0.706. The molecule has 3 N–H and O–H groups in total. The zero-order valence-corrected chi connectivity index (χ0v) is 7.80. The predicted octanol–water partition coefficient (Wildman–Crippen LogP) is 1.08. The second-order valence-electron chi connectivity index (χ2n) is 3.53. The first-order chi connectivity index (χ1) is 6.95. The predicted molar refractivity (Wildman–Crippen MR) is 56.3 cm³/mol. The highest BCUT2D eigenvalue weighted by Crippen LogP contribution is 2.26. The Labute approximate surface area is 81.7 Å². The summed E-state index contributed by atoms with van der Waals surface area (Å²) in [6.07, 6.45) is 5.81. The highest BCUT2D eigenvalue weighted by molar-refractivity contribution is 5.94. The van der Waals surface area contributed by atoms with E-state index in [2.05, 4.69) is 26.8 Å². The van der Waals surface area contributed by atoms with Crippen molar-refractivity contribution in [2.24, 2.45) is 0 Å². The Bertz CT molecular complexity index is 460. The smallest absolute Gasteiger partial charge is 0.0664 e. The number of pyridine rings is 1. The van der Waals surface area contributed by atoms with Crippen molar-refractivity contribution in [3.05, 3.63) is 24.2 Å². The summed E-state index contributed by atoms with van der Waals surface area (Å²) in [5, 5.41) is 8.01. The van der Waals surface area contributed by atoms with E-state index in [0.717, 1.165) is 30.8 Å². The van der Waals surface area contributed by atoms with Crippen LogP contribution in [0.5, 0.6) is 0 Å². The molecule has 2 aromatic rings. The Morgan fingerprint density at radius 1 is 1.21 bits per heavy atom. The number of hydrogen-bond donors (Lipinski definition) is 3. The van der Waals surface area contributed by atoms with Crippen LogP contribution in [0.25, 0.3) is 10.9 Å². The van der Waals surface area contributed by atoms with Crippen LogP contribution in [-0.4, -0.2) is 23.1 Å². The molecule has 4 nitrogen and oxygen atoms in total. The highest BCUT2D eigenvalue weighted by atomic mass is 15.0. The van der Waals surface area contributed by atoms with Crippen LogP contribution in [0.3, 0.4) is 0 Å². The molecule has 0 spiro atoms. The van der Waals surface area contributed by atoms with Gasteiger partial charge in [-0.15, -0.1) is 0 Å². The number of hydrogen-bond acceptors (Lipinski definition) is 3. The fourth-order valence-electron chi connectivity index (χ4n) is 1.94. The van der Waals surface area contributed by atoms with Crippen molar-refractivity contribution < 1.29 is 0 Å². The van der Waals surface area contributed by atoms with Crippen molar-refractivity contribution >= 4 is 16.6 Å². The first kappa shape index (κ1) is 7.82. The molecule has 3 heterocycles. The third-order valence-corrected chi connectivity index (χ3v) is 2.60. The van der Waals surface area contributed by atoms with E-state index in [1.165, 1.54) is 10.9 Å². The molecule has 0 saturated carbocycles. The van der Waals surface area contributed by atoms with Crippen LogP contribution in [0.2, 0.25) is 0 Å². The van der Waals surface area contributed by atoms with E-state index in [-0.39, 0.29) is 0 Å². The number of nitrogens with one attached hydrogen (secondary N) is 3. The summed E-state index contributed by atoms with van der Waals surface area (Å²) in [5.74, 6) is 0. The van der Waals surface area contributed by atoms with Gasteiger partial charge in [0, 0.05) is 31.2 Å². The molecule has 14 heavy (non-hydrogen) atoms. The molecule has 72 valence electrons. The largest absolute Gasteiger partial charge is 0.382 e. The van der Waals surface area contributed by atoms with Gasteiger partial charge in [-0.3, -0.25) is 4.98 Å². The van der Waals surface area contributed by atoms with Gasteiger partial charge in [0.1, 0.15) is 0 Å². The topological polar surface area (TPSA) is 52.7 Å². The summed E-state index contributed by atoms with van der Waals surface area (Å²) >= 11 is 0. The van der Waals surface area contributed by atoms with Gasteiger partial charge in [-0.1, -0.05) is 0 Å².